The van der Waals surface area contributed by atoms with E-state index in [1.807, 2.05) is 31.7 Å². The highest BCUT2D eigenvalue weighted by atomic mass is 16.2. The third-order valence-corrected chi connectivity index (χ3v) is 3.48. The van der Waals surface area contributed by atoms with Gasteiger partial charge in [-0.15, -0.1) is 0 Å². The summed E-state index contributed by atoms with van der Waals surface area (Å²) in [7, 11) is 0. The molecule has 4 heteroatoms. The molecular weight excluding hydrogens is 238 g/mol. The number of amides is 1. The predicted octanol–water partition coefficient (Wildman–Crippen LogP) is 1.88. The molecule has 2 N–H and O–H groups in total. The maximum Gasteiger partial charge on any atom is 0.228 e. The minimum Gasteiger partial charge on any atom is -0.384 e. The summed E-state index contributed by atoms with van der Waals surface area (Å²) in [6, 6.07) is 0.134. The number of hydrogen-bond donors (Lipinski definition) is 1. The predicted molar refractivity (Wildman–Crippen MR) is 77.9 cm³/mol. The van der Waals surface area contributed by atoms with E-state index in [-0.39, 0.29) is 17.4 Å². The molecule has 1 atom stereocenters. The number of amidine groups is 1. The van der Waals surface area contributed by atoms with Gasteiger partial charge < -0.3 is 10.6 Å². The van der Waals surface area contributed by atoms with E-state index in [0.717, 1.165) is 25.0 Å². The largest absolute Gasteiger partial charge is 0.384 e. The second-order valence-corrected chi connectivity index (χ2v) is 6.45. The highest BCUT2D eigenvalue weighted by Crippen LogP contribution is 2.34. The van der Waals surface area contributed by atoms with Crippen LogP contribution >= 0.6 is 0 Å². The summed E-state index contributed by atoms with van der Waals surface area (Å²) in [5.74, 6) is 0.751. The first-order valence-corrected chi connectivity index (χ1v) is 6.79. The van der Waals surface area contributed by atoms with E-state index in [9.17, 15) is 4.79 Å². The van der Waals surface area contributed by atoms with Gasteiger partial charge in [0.2, 0.25) is 5.91 Å². The number of likely N-dealkylation sites (tertiary alicyclic amines) is 1. The molecule has 2 fully saturated rings. The van der Waals surface area contributed by atoms with Crippen molar-refractivity contribution in [3.8, 4) is 0 Å². The number of carbonyl (C=O) groups excluding carboxylic acids is 1. The van der Waals surface area contributed by atoms with Crippen LogP contribution in [-0.4, -0.2) is 35.8 Å². The Morgan fingerprint density at radius 2 is 2.16 bits per heavy atom. The van der Waals surface area contributed by atoms with Gasteiger partial charge in [0.25, 0.3) is 0 Å². The SMILES string of the molecule is C=C1C/C1=C/C(N)=NC1CCN(C(=O)C(C)(C)C)C1. The number of allylic oxidation sites excluding steroid dienone is 2. The second kappa shape index (κ2) is 4.83. The van der Waals surface area contributed by atoms with Gasteiger partial charge in [0.15, 0.2) is 0 Å². The number of hydrogen-bond acceptors (Lipinski definition) is 2. The van der Waals surface area contributed by atoms with Gasteiger partial charge in [-0.05, 0) is 30.1 Å². The lowest BCUT2D eigenvalue weighted by atomic mass is 9.95. The van der Waals surface area contributed by atoms with Gasteiger partial charge in [-0.3, -0.25) is 9.79 Å². The van der Waals surface area contributed by atoms with E-state index >= 15 is 0 Å². The second-order valence-electron chi connectivity index (χ2n) is 6.45. The summed E-state index contributed by atoms with van der Waals surface area (Å²) >= 11 is 0. The number of aliphatic imine (C=N–C) groups is 1. The number of nitrogens with zero attached hydrogens (tertiary/aromatic N) is 2. The van der Waals surface area contributed by atoms with E-state index in [1.165, 1.54) is 5.57 Å². The van der Waals surface area contributed by atoms with Crippen molar-refractivity contribution in [3.05, 3.63) is 23.8 Å². The molecule has 4 nitrogen and oxygen atoms in total. The Morgan fingerprint density at radius 1 is 1.53 bits per heavy atom. The van der Waals surface area contributed by atoms with Crippen LogP contribution in [0.4, 0.5) is 0 Å². The Bertz CT molecular complexity index is 468. The number of nitrogens with two attached hydrogens (primary N) is 1. The van der Waals surface area contributed by atoms with Crippen molar-refractivity contribution in [2.45, 2.75) is 39.7 Å². The molecule has 1 saturated carbocycles. The van der Waals surface area contributed by atoms with E-state index in [1.54, 1.807) is 0 Å². The van der Waals surface area contributed by atoms with Crippen molar-refractivity contribution in [1.82, 2.24) is 4.90 Å². The van der Waals surface area contributed by atoms with Gasteiger partial charge in [-0.25, -0.2) is 0 Å². The summed E-state index contributed by atoms with van der Waals surface area (Å²) in [4.78, 5) is 18.5. The Kier molecular flexibility index (Phi) is 3.52. The first-order valence-electron chi connectivity index (χ1n) is 6.79. The monoisotopic (exact) mass is 261 g/mol. The van der Waals surface area contributed by atoms with Crippen LogP contribution in [0, 0.1) is 5.41 Å². The number of rotatable bonds is 2. The van der Waals surface area contributed by atoms with Crippen LogP contribution in [0.2, 0.25) is 0 Å². The average Bonchev–Trinajstić information content (AvgIpc) is 2.78. The lowest BCUT2D eigenvalue weighted by molar-refractivity contribution is -0.138. The Balaban J connectivity index is 1.94. The lowest BCUT2D eigenvalue weighted by Gasteiger charge is -2.25. The van der Waals surface area contributed by atoms with Gasteiger partial charge in [0, 0.05) is 18.5 Å². The molecule has 0 bridgehead atoms. The zero-order valence-corrected chi connectivity index (χ0v) is 12.1. The third kappa shape index (κ3) is 3.46. The molecule has 1 aliphatic carbocycles. The van der Waals surface area contributed by atoms with Crippen LogP contribution < -0.4 is 5.73 Å². The molecule has 1 aliphatic heterocycles. The van der Waals surface area contributed by atoms with E-state index in [2.05, 4.69) is 11.6 Å². The number of carbonyl (C=O) groups is 1. The van der Waals surface area contributed by atoms with Crippen LogP contribution in [0.3, 0.4) is 0 Å². The molecular formula is C15H23N3O. The summed E-state index contributed by atoms with van der Waals surface area (Å²) in [5.41, 5.74) is 7.92. The average molecular weight is 261 g/mol. The van der Waals surface area contributed by atoms with E-state index in [4.69, 9.17) is 5.73 Å². The van der Waals surface area contributed by atoms with Crippen molar-refractivity contribution in [2.75, 3.05) is 13.1 Å². The van der Waals surface area contributed by atoms with Crippen LogP contribution in [0.15, 0.2) is 28.8 Å². The highest BCUT2D eigenvalue weighted by Gasteiger charge is 2.32. The van der Waals surface area contributed by atoms with Crippen LogP contribution in [0.25, 0.3) is 0 Å². The smallest absolute Gasteiger partial charge is 0.228 e. The minimum absolute atomic E-state index is 0.134. The van der Waals surface area contributed by atoms with E-state index < -0.39 is 0 Å². The Hall–Kier alpha value is -1.58. The van der Waals surface area contributed by atoms with Crippen LogP contribution in [-0.2, 0) is 4.79 Å². The zero-order chi connectivity index (χ0) is 14.2. The van der Waals surface area contributed by atoms with Crippen LogP contribution in [0.1, 0.15) is 33.6 Å². The Morgan fingerprint density at radius 3 is 2.68 bits per heavy atom. The van der Waals surface area contributed by atoms with Crippen LogP contribution in [0.5, 0.6) is 0 Å². The maximum absolute atomic E-state index is 12.2. The van der Waals surface area contributed by atoms with Crippen molar-refractivity contribution in [1.29, 1.82) is 0 Å². The molecule has 2 aliphatic rings. The quantitative estimate of drug-likeness (QED) is 0.609. The first-order chi connectivity index (χ1) is 8.77. The molecule has 0 aromatic rings. The molecule has 1 heterocycles. The van der Waals surface area contributed by atoms with Crippen molar-refractivity contribution in [3.63, 3.8) is 0 Å². The third-order valence-electron chi connectivity index (χ3n) is 3.48. The molecule has 1 saturated heterocycles. The fourth-order valence-corrected chi connectivity index (χ4v) is 2.27. The Labute approximate surface area is 115 Å². The molecule has 1 amide bonds. The molecule has 0 radical (unpaired) electrons. The lowest BCUT2D eigenvalue weighted by Crippen LogP contribution is -2.38. The van der Waals surface area contributed by atoms with Gasteiger partial charge in [-0.2, -0.15) is 0 Å². The normalized spacial score (nSPS) is 26.2. The standard InChI is InChI=1S/C15H23N3O/c1-10-7-11(10)8-13(16)17-12-5-6-18(9-12)14(19)15(2,3)4/h8,12H,1,5-7,9H2,2-4H3,(H2,16,17)/b11-8-. The van der Waals surface area contributed by atoms with Crippen molar-refractivity contribution in [2.24, 2.45) is 16.1 Å². The van der Waals surface area contributed by atoms with Gasteiger partial charge in [0.05, 0.1) is 6.04 Å². The molecule has 2 rings (SSSR count). The molecule has 1 unspecified atom stereocenters. The summed E-state index contributed by atoms with van der Waals surface area (Å²) in [6.45, 7) is 11.2. The van der Waals surface area contributed by atoms with Crippen molar-refractivity contribution < 1.29 is 4.79 Å². The fraction of sp³-hybridized carbons (Fsp3) is 0.600. The zero-order valence-electron chi connectivity index (χ0n) is 12.1. The summed E-state index contributed by atoms with van der Waals surface area (Å²) in [6.07, 6.45) is 3.75. The van der Waals surface area contributed by atoms with Gasteiger partial charge >= 0.3 is 0 Å². The maximum atomic E-state index is 12.2. The van der Waals surface area contributed by atoms with E-state index in [0.29, 0.717) is 12.4 Å². The molecule has 0 spiro atoms. The first kappa shape index (κ1) is 13.8. The molecule has 0 aromatic carbocycles. The molecule has 0 aromatic heterocycles. The molecule has 19 heavy (non-hydrogen) atoms. The topological polar surface area (TPSA) is 58.7 Å². The summed E-state index contributed by atoms with van der Waals surface area (Å²) < 4.78 is 0. The van der Waals surface area contributed by atoms with Gasteiger partial charge in [0.1, 0.15) is 5.84 Å². The summed E-state index contributed by atoms with van der Waals surface area (Å²) in [5, 5.41) is 0. The minimum atomic E-state index is -0.322. The van der Waals surface area contributed by atoms with Gasteiger partial charge in [-0.1, -0.05) is 27.4 Å². The fourth-order valence-electron chi connectivity index (χ4n) is 2.27. The van der Waals surface area contributed by atoms with Crippen molar-refractivity contribution >= 4 is 11.7 Å². The highest BCUT2D eigenvalue weighted by molar-refractivity contribution is 5.94. The molecule has 104 valence electrons.